The summed E-state index contributed by atoms with van der Waals surface area (Å²) < 4.78 is 0. The fourth-order valence-electron chi connectivity index (χ4n) is 2.45. The summed E-state index contributed by atoms with van der Waals surface area (Å²) in [6, 6.07) is 19.3. The lowest BCUT2D eigenvalue weighted by Crippen LogP contribution is -2.17. The van der Waals surface area contributed by atoms with Crippen molar-refractivity contribution in [1.82, 2.24) is 0 Å². The van der Waals surface area contributed by atoms with Crippen LogP contribution in [0.3, 0.4) is 0 Å². The second-order valence-corrected chi connectivity index (χ2v) is 6.49. The third kappa shape index (κ3) is 3.63. The molecule has 0 aromatic heterocycles. The van der Waals surface area contributed by atoms with Crippen LogP contribution in [0.1, 0.15) is 44.7 Å². The first-order chi connectivity index (χ1) is 9.48. The Bertz CT molecular complexity index is 537. The molecular weight excluding hydrogens is 242 g/mol. The Labute approximate surface area is 123 Å². The van der Waals surface area contributed by atoms with Crippen LogP contribution in [0.15, 0.2) is 54.6 Å². The summed E-state index contributed by atoms with van der Waals surface area (Å²) in [5, 5.41) is 3.62. The van der Waals surface area contributed by atoms with Crippen molar-refractivity contribution in [2.45, 2.75) is 39.0 Å². The second kappa shape index (κ2) is 6.13. The maximum absolute atomic E-state index is 3.62. The summed E-state index contributed by atoms with van der Waals surface area (Å²) in [4.78, 5) is 0. The standard InChI is InChI=1S/C19H25N/c1-15(16-10-6-5-7-11-16)14-20-18-13-9-8-12-17(18)19(2,3)4/h5-13,15,20H,14H2,1-4H3. The van der Waals surface area contributed by atoms with Crippen molar-refractivity contribution >= 4 is 5.69 Å². The highest BCUT2D eigenvalue weighted by atomic mass is 14.9. The van der Waals surface area contributed by atoms with Gasteiger partial charge < -0.3 is 5.32 Å². The van der Waals surface area contributed by atoms with Crippen molar-refractivity contribution < 1.29 is 0 Å². The van der Waals surface area contributed by atoms with Gasteiger partial charge in [0.2, 0.25) is 0 Å². The summed E-state index contributed by atoms with van der Waals surface area (Å²) in [6.07, 6.45) is 0. The van der Waals surface area contributed by atoms with Crippen molar-refractivity contribution in [3.05, 3.63) is 65.7 Å². The van der Waals surface area contributed by atoms with Gasteiger partial charge in [-0.25, -0.2) is 0 Å². The van der Waals surface area contributed by atoms with Crippen molar-refractivity contribution in [2.24, 2.45) is 0 Å². The molecule has 0 amide bonds. The maximum Gasteiger partial charge on any atom is 0.0378 e. The van der Waals surface area contributed by atoms with Gasteiger partial charge in [0.25, 0.3) is 0 Å². The van der Waals surface area contributed by atoms with Crippen LogP contribution < -0.4 is 5.32 Å². The van der Waals surface area contributed by atoms with Gasteiger partial charge in [-0.15, -0.1) is 0 Å². The maximum atomic E-state index is 3.62. The first-order valence-corrected chi connectivity index (χ1v) is 7.37. The van der Waals surface area contributed by atoms with Crippen LogP contribution >= 0.6 is 0 Å². The lowest BCUT2D eigenvalue weighted by molar-refractivity contribution is 0.591. The average molecular weight is 267 g/mol. The molecular formula is C19H25N. The third-order valence-corrected chi connectivity index (χ3v) is 3.70. The minimum Gasteiger partial charge on any atom is -0.384 e. The van der Waals surface area contributed by atoms with E-state index in [-0.39, 0.29) is 5.41 Å². The predicted octanol–water partition coefficient (Wildman–Crippen LogP) is 5.20. The van der Waals surface area contributed by atoms with Gasteiger partial charge in [0, 0.05) is 12.2 Å². The number of nitrogens with one attached hydrogen (secondary N) is 1. The number of anilines is 1. The summed E-state index contributed by atoms with van der Waals surface area (Å²) >= 11 is 0. The second-order valence-electron chi connectivity index (χ2n) is 6.49. The molecule has 2 aromatic rings. The van der Waals surface area contributed by atoms with Crippen LogP contribution in [0.4, 0.5) is 5.69 Å². The molecule has 0 aliphatic rings. The first kappa shape index (κ1) is 14.6. The van der Waals surface area contributed by atoms with E-state index in [0.29, 0.717) is 5.92 Å². The molecule has 0 saturated heterocycles. The molecule has 0 saturated carbocycles. The topological polar surface area (TPSA) is 12.0 Å². The first-order valence-electron chi connectivity index (χ1n) is 7.37. The fourth-order valence-corrected chi connectivity index (χ4v) is 2.45. The van der Waals surface area contributed by atoms with Crippen LogP contribution in [0.5, 0.6) is 0 Å². The normalized spacial score (nSPS) is 13.0. The molecule has 0 fully saturated rings. The lowest BCUT2D eigenvalue weighted by Gasteiger charge is -2.24. The van der Waals surface area contributed by atoms with Gasteiger partial charge in [0.15, 0.2) is 0 Å². The van der Waals surface area contributed by atoms with Gasteiger partial charge >= 0.3 is 0 Å². The molecule has 20 heavy (non-hydrogen) atoms. The monoisotopic (exact) mass is 267 g/mol. The van der Waals surface area contributed by atoms with E-state index in [1.165, 1.54) is 16.8 Å². The average Bonchev–Trinajstić information content (AvgIpc) is 2.45. The highest BCUT2D eigenvalue weighted by Gasteiger charge is 2.17. The van der Waals surface area contributed by atoms with Crippen molar-refractivity contribution in [2.75, 3.05) is 11.9 Å². The van der Waals surface area contributed by atoms with E-state index < -0.39 is 0 Å². The molecule has 106 valence electrons. The minimum atomic E-state index is 0.166. The van der Waals surface area contributed by atoms with Gasteiger partial charge in [-0.05, 0) is 28.5 Å². The smallest absolute Gasteiger partial charge is 0.0378 e. The molecule has 1 unspecified atom stereocenters. The number of hydrogen-bond acceptors (Lipinski definition) is 1. The van der Waals surface area contributed by atoms with E-state index in [0.717, 1.165) is 6.54 Å². The minimum absolute atomic E-state index is 0.166. The Hall–Kier alpha value is -1.76. The van der Waals surface area contributed by atoms with Crippen molar-refractivity contribution in [3.8, 4) is 0 Å². The zero-order chi connectivity index (χ0) is 14.6. The van der Waals surface area contributed by atoms with Gasteiger partial charge in [-0.1, -0.05) is 76.2 Å². The molecule has 1 atom stereocenters. The SMILES string of the molecule is CC(CNc1ccccc1C(C)(C)C)c1ccccc1. The molecule has 0 spiro atoms. The Morgan fingerprint density at radius 2 is 1.50 bits per heavy atom. The molecule has 1 nitrogen and oxygen atoms in total. The molecule has 0 heterocycles. The van der Waals surface area contributed by atoms with Crippen LogP contribution in [-0.2, 0) is 5.41 Å². The van der Waals surface area contributed by atoms with E-state index in [1.807, 2.05) is 0 Å². The highest BCUT2D eigenvalue weighted by Crippen LogP contribution is 2.29. The van der Waals surface area contributed by atoms with Crippen LogP contribution in [-0.4, -0.2) is 6.54 Å². The van der Waals surface area contributed by atoms with Crippen LogP contribution in [0, 0.1) is 0 Å². The molecule has 0 aliphatic carbocycles. The van der Waals surface area contributed by atoms with E-state index >= 15 is 0 Å². The Kier molecular flexibility index (Phi) is 4.49. The fraction of sp³-hybridized carbons (Fsp3) is 0.368. The molecule has 0 radical (unpaired) electrons. The number of hydrogen-bond donors (Lipinski definition) is 1. The summed E-state index contributed by atoms with van der Waals surface area (Å²) in [7, 11) is 0. The van der Waals surface area contributed by atoms with Gasteiger partial charge in [-0.2, -0.15) is 0 Å². The van der Waals surface area contributed by atoms with Crippen LogP contribution in [0.25, 0.3) is 0 Å². The third-order valence-electron chi connectivity index (χ3n) is 3.70. The van der Waals surface area contributed by atoms with E-state index in [2.05, 4.69) is 87.6 Å². The Morgan fingerprint density at radius 1 is 0.900 bits per heavy atom. The molecule has 0 aliphatic heterocycles. The molecule has 2 rings (SSSR count). The van der Waals surface area contributed by atoms with Crippen molar-refractivity contribution in [3.63, 3.8) is 0 Å². The Morgan fingerprint density at radius 3 is 2.15 bits per heavy atom. The van der Waals surface area contributed by atoms with Gasteiger partial charge in [0.1, 0.15) is 0 Å². The van der Waals surface area contributed by atoms with Gasteiger partial charge in [0.05, 0.1) is 0 Å². The molecule has 1 heteroatoms. The van der Waals surface area contributed by atoms with E-state index in [9.17, 15) is 0 Å². The molecule has 2 aromatic carbocycles. The zero-order valence-corrected chi connectivity index (χ0v) is 13.0. The molecule has 0 bridgehead atoms. The number of rotatable bonds is 4. The lowest BCUT2D eigenvalue weighted by atomic mass is 9.85. The predicted molar refractivity (Wildman–Crippen MR) is 88.5 cm³/mol. The van der Waals surface area contributed by atoms with Crippen LogP contribution in [0.2, 0.25) is 0 Å². The summed E-state index contributed by atoms with van der Waals surface area (Å²) in [6.45, 7) is 10.00. The molecule has 1 N–H and O–H groups in total. The number of benzene rings is 2. The van der Waals surface area contributed by atoms with Crippen molar-refractivity contribution in [1.29, 1.82) is 0 Å². The summed E-state index contributed by atoms with van der Waals surface area (Å²) in [5.74, 6) is 0.504. The van der Waals surface area contributed by atoms with E-state index in [4.69, 9.17) is 0 Å². The summed E-state index contributed by atoms with van der Waals surface area (Å²) in [5.41, 5.74) is 4.18. The quantitative estimate of drug-likeness (QED) is 0.803. The largest absolute Gasteiger partial charge is 0.384 e. The zero-order valence-electron chi connectivity index (χ0n) is 13.0. The van der Waals surface area contributed by atoms with E-state index in [1.54, 1.807) is 0 Å². The van der Waals surface area contributed by atoms with Gasteiger partial charge in [-0.3, -0.25) is 0 Å². The highest BCUT2D eigenvalue weighted by molar-refractivity contribution is 5.54. The number of para-hydroxylation sites is 1. The Balaban J connectivity index is 2.08.